The average Bonchev–Trinajstić information content (AvgIpc) is 3.04. The van der Waals surface area contributed by atoms with Crippen LogP contribution in [-0.2, 0) is 21.3 Å². The monoisotopic (exact) mass is 370 g/mol. The molecule has 0 saturated carbocycles. The minimum absolute atomic E-state index is 0.0412. The lowest BCUT2D eigenvalue weighted by atomic mass is 10.0. The molecule has 0 aliphatic carbocycles. The lowest BCUT2D eigenvalue weighted by Crippen LogP contribution is -2.08. The molecule has 26 heavy (non-hydrogen) atoms. The summed E-state index contributed by atoms with van der Waals surface area (Å²) in [5.74, 6) is 0.651. The van der Waals surface area contributed by atoms with Crippen molar-refractivity contribution in [3.8, 4) is 11.4 Å². The summed E-state index contributed by atoms with van der Waals surface area (Å²) < 4.78 is 30.1. The van der Waals surface area contributed by atoms with E-state index in [4.69, 9.17) is 4.52 Å². The molecular weight excluding hydrogens is 348 g/mol. The predicted octanol–water partition coefficient (Wildman–Crippen LogP) is 4.28. The lowest BCUT2D eigenvalue weighted by molar-refractivity contribution is 0.389. The van der Waals surface area contributed by atoms with E-state index in [0.717, 1.165) is 16.7 Å². The van der Waals surface area contributed by atoms with E-state index in [1.165, 1.54) is 5.56 Å². The second-order valence-electron chi connectivity index (χ2n) is 6.75. The zero-order valence-electron chi connectivity index (χ0n) is 15.1. The highest BCUT2D eigenvalue weighted by molar-refractivity contribution is 7.89. The van der Waals surface area contributed by atoms with Crippen molar-refractivity contribution < 1.29 is 12.9 Å². The van der Waals surface area contributed by atoms with Gasteiger partial charge in [0.2, 0.25) is 11.7 Å². The van der Waals surface area contributed by atoms with Crippen LogP contribution < -0.4 is 0 Å². The van der Waals surface area contributed by atoms with Crippen LogP contribution >= 0.6 is 0 Å². The Kier molecular flexibility index (Phi) is 5.23. The fraction of sp³-hybridized carbons (Fsp3) is 0.300. The number of hydrogen-bond acceptors (Lipinski definition) is 5. The Hall–Kier alpha value is -2.47. The minimum Gasteiger partial charge on any atom is -0.338 e. The maximum Gasteiger partial charge on any atom is 0.242 e. The Balaban J connectivity index is 1.74. The fourth-order valence-electron chi connectivity index (χ4n) is 2.70. The van der Waals surface area contributed by atoms with Gasteiger partial charge in [-0.3, -0.25) is 0 Å². The largest absolute Gasteiger partial charge is 0.338 e. The number of benzene rings is 2. The zero-order chi connectivity index (χ0) is 18.7. The Morgan fingerprint density at radius 3 is 2.35 bits per heavy atom. The van der Waals surface area contributed by atoms with E-state index < -0.39 is 9.84 Å². The summed E-state index contributed by atoms with van der Waals surface area (Å²) in [4.78, 5) is 4.25. The third-order valence-electron chi connectivity index (χ3n) is 4.28. The zero-order valence-corrected chi connectivity index (χ0v) is 16.0. The predicted molar refractivity (Wildman–Crippen MR) is 101 cm³/mol. The van der Waals surface area contributed by atoms with Crippen molar-refractivity contribution in [3.05, 3.63) is 71.1 Å². The quantitative estimate of drug-likeness (QED) is 0.647. The van der Waals surface area contributed by atoms with Gasteiger partial charge in [-0.2, -0.15) is 4.98 Å². The number of aromatic nitrogens is 2. The van der Waals surface area contributed by atoms with Crippen molar-refractivity contribution in [2.24, 2.45) is 0 Å². The molecule has 0 atom stereocenters. The van der Waals surface area contributed by atoms with Gasteiger partial charge in [0, 0.05) is 5.56 Å². The molecule has 0 spiro atoms. The lowest BCUT2D eigenvalue weighted by Gasteiger charge is -2.05. The molecule has 1 aromatic heterocycles. The van der Waals surface area contributed by atoms with E-state index in [2.05, 4.69) is 24.0 Å². The van der Waals surface area contributed by atoms with E-state index >= 15 is 0 Å². The summed E-state index contributed by atoms with van der Waals surface area (Å²) in [6.07, 6.45) is 0. The molecule has 136 valence electrons. The molecule has 6 heteroatoms. The van der Waals surface area contributed by atoms with Crippen LogP contribution in [0.3, 0.4) is 0 Å². The summed E-state index contributed by atoms with van der Waals surface area (Å²) in [5.41, 5.74) is 3.77. The van der Waals surface area contributed by atoms with Crippen LogP contribution in [0.1, 0.15) is 42.3 Å². The highest BCUT2D eigenvalue weighted by atomic mass is 32.2. The highest BCUT2D eigenvalue weighted by Gasteiger charge is 2.19. The van der Waals surface area contributed by atoms with Gasteiger partial charge in [-0.1, -0.05) is 67.5 Å². The van der Waals surface area contributed by atoms with Crippen LogP contribution in [0.5, 0.6) is 0 Å². The first-order chi connectivity index (χ1) is 12.3. The van der Waals surface area contributed by atoms with Gasteiger partial charge < -0.3 is 4.52 Å². The molecule has 0 aliphatic rings. The Bertz CT molecular complexity index is 990. The molecule has 3 aromatic rings. The molecule has 0 amide bonds. The van der Waals surface area contributed by atoms with Crippen LogP contribution in [0.25, 0.3) is 11.4 Å². The van der Waals surface area contributed by atoms with Crippen molar-refractivity contribution >= 4 is 9.84 Å². The van der Waals surface area contributed by atoms with Crippen LogP contribution in [0.4, 0.5) is 0 Å². The molecule has 0 unspecified atom stereocenters. The molecule has 2 aromatic carbocycles. The van der Waals surface area contributed by atoms with Gasteiger partial charge in [0.1, 0.15) is 5.75 Å². The first-order valence-corrected chi connectivity index (χ1v) is 10.3. The summed E-state index contributed by atoms with van der Waals surface area (Å²) in [5, 5.41) is 3.92. The van der Waals surface area contributed by atoms with Crippen molar-refractivity contribution in [2.45, 2.75) is 38.2 Å². The van der Waals surface area contributed by atoms with Crippen LogP contribution in [0.15, 0.2) is 53.1 Å². The topological polar surface area (TPSA) is 73.1 Å². The smallest absolute Gasteiger partial charge is 0.242 e. The Morgan fingerprint density at radius 1 is 1.00 bits per heavy atom. The molecule has 0 saturated heterocycles. The van der Waals surface area contributed by atoms with Crippen molar-refractivity contribution in [3.63, 3.8) is 0 Å². The van der Waals surface area contributed by atoms with Gasteiger partial charge in [0.25, 0.3) is 0 Å². The van der Waals surface area contributed by atoms with Crippen molar-refractivity contribution in [1.82, 2.24) is 10.1 Å². The maximum absolute atomic E-state index is 12.5. The van der Waals surface area contributed by atoms with Crippen LogP contribution in [-0.4, -0.2) is 18.6 Å². The van der Waals surface area contributed by atoms with Gasteiger partial charge in [-0.05, 0) is 29.5 Å². The van der Waals surface area contributed by atoms with Gasteiger partial charge in [-0.25, -0.2) is 8.42 Å². The van der Waals surface area contributed by atoms with E-state index in [1.54, 1.807) is 0 Å². The maximum atomic E-state index is 12.5. The minimum atomic E-state index is -3.39. The van der Waals surface area contributed by atoms with Gasteiger partial charge in [0.15, 0.2) is 9.84 Å². The highest BCUT2D eigenvalue weighted by Crippen LogP contribution is 2.21. The van der Waals surface area contributed by atoms with Crippen molar-refractivity contribution in [1.29, 1.82) is 0 Å². The van der Waals surface area contributed by atoms with Crippen molar-refractivity contribution in [2.75, 3.05) is 0 Å². The van der Waals surface area contributed by atoms with E-state index in [1.807, 2.05) is 55.5 Å². The summed E-state index contributed by atoms with van der Waals surface area (Å²) in [7, 11) is -3.39. The second kappa shape index (κ2) is 7.41. The molecule has 0 radical (unpaired) electrons. The Labute approximate surface area is 154 Å². The van der Waals surface area contributed by atoms with Gasteiger partial charge >= 0.3 is 0 Å². The number of rotatable bonds is 6. The number of sulfone groups is 1. The third-order valence-corrected chi connectivity index (χ3v) is 5.72. The van der Waals surface area contributed by atoms with Gasteiger partial charge in [-0.15, -0.1) is 0 Å². The molecule has 5 nitrogen and oxygen atoms in total. The molecule has 0 N–H and O–H groups in total. The first-order valence-electron chi connectivity index (χ1n) is 8.52. The molecule has 0 bridgehead atoms. The number of nitrogens with zero attached hydrogens (tertiary/aromatic N) is 2. The van der Waals surface area contributed by atoms with E-state index in [-0.39, 0.29) is 17.4 Å². The Morgan fingerprint density at radius 2 is 1.69 bits per heavy atom. The fourth-order valence-corrected chi connectivity index (χ4v) is 4.09. The molecule has 1 heterocycles. The second-order valence-corrected chi connectivity index (χ2v) is 8.81. The third kappa shape index (κ3) is 4.38. The SMILES string of the molecule is Cc1ccccc1CS(=O)(=O)Cc1nc(-c2ccc(C(C)C)cc2)no1. The normalized spacial score (nSPS) is 11.8. The van der Waals surface area contributed by atoms with Gasteiger partial charge in [0.05, 0.1) is 5.75 Å². The first kappa shape index (κ1) is 18.3. The molecule has 0 aliphatic heterocycles. The summed E-state index contributed by atoms with van der Waals surface area (Å²) in [6, 6.07) is 15.3. The molecular formula is C20H22N2O3S. The number of hydrogen-bond donors (Lipinski definition) is 0. The van der Waals surface area contributed by atoms with E-state index in [0.29, 0.717) is 11.7 Å². The molecule has 3 rings (SSSR count). The standard InChI is InChI=1S/C20H22N2O3S/c1-14(2)16-8-10-17(11-9-16)20-21-19(25-22-20)13-26(23,24)12-18-7-5-4-6-15(18)3/h4-11,14H,12-13H2,1-3H3. The van der Waals surface area contributed by atoms with E-state index in [9.17, 15) is 8.42 Å². The summed E-state index contributed by atoms with van der Waals surface area (Å²) >= 11 is 0. The average molecular weight is 370 g/mol. The van der Waals surface area contributed by atoms with Crippen LogP contribution in [0.2, 0.25) is 0 Å². The number of aryl methyl sites for hydroxylation is 1. The van der Waals surface area contributed by atoms with Crippen LogP contribution in [0, 0.1) is 6.92 Å². The molecule has 0 fully saturated rings. The summed E-state index contributed by atoms with van der Waals surface area (Å²) in [6.45, 7) is 6.15.